The van der Waals surface area contributed by atoms with Crippen LogP contribution in [0.1, 0.15) is 0 Å². The van der Waals surface area contributed by atoms with Gasteiger partial charge in [0.05, 0.1) is 0 Å². The van der Waals surface area contributed by atoms with Gasteiger partial charge < -0.3 is 4.42 Å². The molecule has 2 heteroatoms. The summed E-state index contributed by atoms with van der Waals surface area (Å²) in [4.78, 5) is 0. The highest BCUT2D eigenvalue weighted by Crippen LogP contribution is 2.03. The van der Waals surface area contributed by atoms with Crippen LogP contribution in [0.25, 0.3) is 0 Å². The monoisotopic (exact) mass is 101 g/mol. The molecule has 0 N–H and O–H groups in total. The summed E-state index contributed by atoms with van der Waals surface area (Å²) < 4.78 is 4.46. The Morgan fingerprint density at radius 3 is 2.83 bits per heavy atom. The van der Waals surface area contributed by atoms with Gasteiger partial charge in [-0.05, 0) is 5.02 Å². The Balaban J connectivity index is 3.05. The topological polar surface area (TPSA) is 13.1 Å². The largest absolute Gasteiger partial charge is 0.597 e. The molecule has 1 rings (SSSR count). The summed E-state index contributed by atoms with van der Waals surface area (Å²) in [6.45, 7) is 0. The molecule has 0 aliphatic rings. The minimum Gasteiger partial charge on any atom is -0.597 e. The van der Waals surface area contributed by atoms with E-state index in [2.05, 4.69) is 10.7 Å². The van der Waals surface area contributed by atoms with E-state index in [9.17, 15) is 0 Å². The number of halogens is 1. The van der Waals surface area contributed by atoms with Crippen molar-refractivity contribution in [1.82, 2.24) is 0 Å². The van der Waals surface area contributed by atoms with Gasteiger partial charge in [-0.3, -0.25) is 0 Å². The van der Waals surface area contributed by atoms with Crippen LogP contribution in [-0.2, 0) is 0 Å². The fourth-order valence-corrected chi connectivity index (χ4v) is 0.314. The van der Waals surface area contributed by atoms with Gasteiger partial charge in [0, 0.05) is 6.26 Å². The van der Waals surface area contributed by atoms with E-state index >= 15 is 0 Å². The molecule has 0 unspecified atom stereocenters. The van der Waals surface area contributed by atoms with Crippen LogP contribution in [-0.4, -0.2) is 0 Å². The summed E-state index contributed by atoms with van der Waals surface area (Å²) in [7, 11) is 0. The van der Waals surface area contributed by atoms with Crippen LogP contribution in [0, 0.1) is 6.26 Å². The highest BCUT2D eigenvalue weighted by molar-refractivity contribution is 6.30. The number of rotatable bonds is 0. The van der Waals surface area contributed by atoms with Crippen LogP contribution in [0.2, 0.25) is 5.02 Å². The van der Waals surface area contributed by atoms with Gasteiger partial charge in [0.15, 0.2) is 0 Å². The lowest BCUT2D eigenvalue weighted by Gasteiger charge is -1.70. The molecule has 0 radical (unpaired) electrons. The molecule has 1 nitrogen and oxygen atoms in total. The Morgan fingerprint density at radius 1 is 1.83 bits per heavy atom. The maximum atomic E-state index is 5.31. The fraction of sp³-hybridized carbons (Fsp3) is 0. The first-order chi connectivity index (χ1) is 2.89. The summed E-state index contributed by atoms with van der Waals surface area (Å²) in [5.41, 5.74) is 0. The molecule has 1 aromatic rings. The predicted octanol–water partition coefficient (Wildman–Crippen LogP) is 1.73. The zero-order valence-electron chi connectivity index (χ0n) is 2.94. The second-order valence-electron chi connectivity index (χ2n) is 0.871. The highest BCUT2D eigenvalue weighted by atomic mass is 35.5. The van der Waals surface area contributed by atoms with Crippen LogP contribution in [0.15, 0.2) is 16.7 Å². The molecule has 32 valence electrons. The molecule has 6 heavy (non-hydrogen) atoms. The van der Waals surface area contributed by atoms with Crippen molar-refractivity contribution in [2.45, 2.75) is 0 Å². The molecular weight excluding hydrogens is 99.5 g/mol. The van der Waals surface area contributed by atoms with E-state index in [-0.39, 0.29) is 0 Å². The lowest BCUT2D eigenvalue weighted by molar-refractivity contribution is 0.558. The number of furan rings is 1. The Kier molecular flexibility index (Phi) is 0.843. The quantitative estimate of drug-likeness (QED) is 0.454. The molecule has 0 saturated heterocycles. The summed E-state index contributed by atoms with van der Waals surface area (Å²) in [5, 5.41) is 0.523. The lowest BCUT2D eigenvalue weighted by Crippen LogP contribution is -1.36. The van der Waals surface area contributed by atoms with Crippen molar-refractivity contribution in [1.29, 1.82) is 0 Å². The first-order valence-electron chi connectivity index (χ1n) is 1.50. The van der Waals surface area contributed by atoms with Crippen molar-refractivity contribution in [3.05, 3.63) is 23.6 Å². The Morgan fingerprint density at radius 2 is 2.67 bits per heavy atom. The second kappa shape index (κ2) is 1.35. The van der Waals surface area contributed by atoms with E-state index in [1.54, 1.807) is 6.07 Å². The van der Waals surface area contributed by atoms with Crippen LogP contribution >= 0.6 is 11.6 Å². The minimum atomic E-state index is 0.523. The van der Waals surface area contributed by atoms with Crippen LogP contribution in [0.4, 0.5) is 0 Å². The van der Waals surface area contributed by atoms with Crippen molar-refractivity contribution in [3.63, 3.8) is 0 Å². The van der Waals surface area contributed by atoms with Crippen LogP contribution in [0.3, 0.4) is 0 Å². The third-order valence-corrected chi connectivity index (χ3v) is 0.642. The normalized spacial score (nSPS) is 8.83. The molecule has 0 atom stereocenters. The van der Waals surface area contributed by atoms with Gasteiger partial charge in [-0.15, -0.1) is 11.6 Å². The molecule has 0 aromatic carbocycles. The van der Waals surface area contributed by atoms with Gasteiger partial charge in [0.1, 0.15) is 0 Å². The van der Waals surface area contributed by atoms with Gasteiger partial charge in [0.25, 0.3) is 0 Å². The molecule has 0 amide bonds. The van der Waals surface area contributed by atoms with Gasteiger partial charge in [-0.1, -0.05) is 6.26 Å². The zero-order valence-corrected chi connectivity index (χ0v) is 3.70. The highest BCUT2D eigenvalue weighted by Gasteiger charge is 1.67. The van der Waals surface area contributed by atoms with Gasteiger partial charge in [0.2, 0.25) is 0 Å². The van der Waals surface area contributed by atoms with Gasteiger partial charge >= 0.3 is 0 Å². The second-order valence-corrected chi connectivity index (χ2v) is 1.28. The average Bonchev–Trinajstić information content (AvgIpc) is 1.86. The first-order valence-corrected chi connectivity index (χ1v) is 1.88. The predicted molar refractivity (Wildman–Crippen MR) is 22.6 cm³/mol. The van der Waals surface area contributed by atoms with Crippen molar-refractivity contribution in [3.8, 4) is 0 Å². The average molecular weight is 102 g/mol. The minimum absolute atomic E-state index is 0.523. The van der Waals surface area contributed by atoms with Crippen molar-refractivity contribution in [2.24, 2.45) is 0 Å². The maximum absolute atomic E-state index is 5.31. The van der Waals surface area contributed by atoms with E-state index < -0.39 is 0 Å². The third-order valence-electron chi connectivity index (χ3n) is 0.439. The van der Waals surface area contributed by atoms with E-state index in [1.807, 2.05) is 0 Å². The van der Waals surface area contributed by atoms with E-state index in [1.165, 1.54) is 6.26 Å². The molecule has 0 saturated carbocycles. The van der Waals surface area contributed by atoms with Gasteiger partial charge in [-0.2, -0.15) is 6.07 Å². The summed E-state index contributed by atoms with van der Waals surface area (Å²) in [6, 6.07) is 1.63. The molecular formula is C4H2ClO-. The Hall–Kier alpha value is -0.430. The molecule has 1 aromatic heterocycles. The van der Waals surface area contributed by atoms with Crippen molar-refractivity contribution in [2.75, 3.05) is 0 Å². The SMILES string of the molecule is Clc1[c-]occ1. The van der Waals surface area contributed by atoms with Gasteiger partial charge in [-0.25, -0.2) is 0 Å². The van der Waals surface area contributed by atoms with E-state index in [4.69, 9.17) is 11.6 Å². The summed E-state index contributed by atoms with van der Waals surface area (Å²) in [5.74, 6) is 0. The molecule has 0 fully saturated rings. The molecule has 0 aliphatic carbocycles. The number of hydrogen-bond donors (Lipinski definition) is 0. The third kappa shape index (κ3) is 0.546. The molecule has 0 spiro atoms. The zero-order chi connectivity index (χ0) is 4.41. The fourth-order valence-electron chi connectivity index (χ4n) is 0.218. The molecule has 0 bridgehead atoms. The Labute approximate surface area is 40.5 Å². The Bertz CT molecular complexity index is 111. The summed E-state index contributed by atoms with van der Waals surface area (Å²) >= 11 is 5.31. The first kappa shape index (κ1) is 3.75. The summed E-state index contributed by atoms with van der Waals surface area (Å²) in [6.07, 6.45) is 3.86. The number of hydrogen-bond acceptors (Lipinski definition) is 1. The van der Waals surface area contributed by atoms with E-state index in [0.29, 0.717) is 5.02 Å². The van der Waals surface area contributed by atoms with Crippen molar-refractivity contribution < 1.29 is 4.42 Å². The maximum Gasteiger partial charge on any atom is 0.0110 e. The van der Waals surface area contributed by atoms with Crippen LogP contribution < -0.4 is 0 Å². The van der Waals surface area contributed by atoms with Crippen LogP contribution in [0.5, 0.6) is 0 Å². The molecule has 1 heterocycles. The van der Waals surface area contributed by atoms with E-state index in [0.717, 1.165) is 0 Å². The lowest BCUT2D eigenvalue weighted by atomic mass is 10.7. The van der Waals surface area contributed by atoms with Crippen molar-refractivity contribution >= 4 is 11.6 Å². The molecule has 0 aliphatic heterocycles. The smallest absolute Gasteiger partial charge is 0.0110 e. The standard InChI is InChI=1S/C4H2ClO/c5-4-1-2-6-3-4/h1-2H/q-1.